The van der Waals surface area contributed by atoms with Crippen LogP contribution in [0.3, 0.4) is 0 Å². The summed E-state index contributed by atoms with van der Waals surface area (Å²) in [5, 5.41) is 11.0. The van der Waals surface area contributed by atoms with Crippen LogP contribution in [0.1, 0.15) is 11.3 Å². The fourth-order valence-corrected chi connectivity index (χ4v) is 8.82. The molecule has 0 radical (unpaired) electrons. The first-order valence-corrected chi connectivity index (χ1v) is 21.9. The van der Waals surface area contributed by atoms with Gasteiger partial charge < -0.3 is 5.32 Å². The normalized spacial score (nSPS) is 12.5. The lowest BCUT2D eigenvalue weighted by atomic mass is 9.90. The van der Waals surface area contributed by atoms with Crippen LogP contribution in [0, 0.1) is 0 Å². The van der Waals surface area contributed by atoms with Gasteiger partial charge in [0.25, 0.3) is 0 Å². The molecule has 0 fully saturated rings. The van der Waals surface area contributed by atoms with E-state index in [1.165, 1.54) is 43.5 Å². The van der Waals surface area contributed by atoms with Gasteiger partial charge in [-0.15, -0.1) is 0 Å². The first-order chi connectivity index (χ1) is 32.7. The van der Waals surface area contributed by atoms with Crippen molar-refractivity contribution in [3.8, 4) is 67.5 Å². The summed E-state index contributed by atoms with van der Waals surface area (Å²) in [6.07, 6.45) is 17.3. The van der Waals surface area contributed by atoms with E-state index in [1.807, 2.05) is 116 Å². The van der Waals surface area contributed by atoms with E-state index in [-0.39, 0.29) is 0 Å². The molecule has 0 unspecified atom stereocenters. The molecule has 0 atom stereocenters. The second-order valence-corrected chi connectivity index (χ2v) is 16.3. The number of rotatable bonds is 8. The number of hydrogen-bond acceptors (Lipinski definition) is 8. The fourth-order valence-electron chi connectivity index (χ4n) is 8.82. The molecule has 1 aliphatic rings. The first kappa shape index (κ1) is 38.6. The molecule has 8 heterocycles. The van der Waals surface area contributed by atoms with Crippen molar-refractivity contribution in [2.24, 2.45) is 0 Å². The van der Waals surface area contributed by atoms with E-state index in [4.69, 9.17) is 19.9 Å². The molecule has 8 nitrogen and oxygen atoms in total. The Kier molecular flexibility index (Phi) is 9.72. The van der Waals surface area contributed by atoms with Crippen molar-refractivity contribution in [3.63, 3.8) is 0 Å². The summed E-state index contributed by atoms with van der Waals surface area (Å²) in [5.41, 5.74) is 15.4. The minimum absolute atomic E-state index is 0.681. The average Bonchev–Trinajstić information content (AvgIpc) is 3.41. The number of nitrogens with zero attached hydrogens (tertiary/aromatic N) is 7. The van der Waals surface area contributed by atoms with Gasteiger partial charge in [0.2, 0.25) is 0 Å². The van der Waals surface area contributed by atoms with Gasteiger partial charge in [-0.05, 0) is 146 Å². The zero-order valence-electron chi connectivity index (χ0n) is 35.5. The van der Waals surface area contributed by atoms with Gasteiger partial charge in [-0.1, -0.05) is 72.8 Å². The van der Waals surface area contributed by atoms with E-state index in [0.717, 1.165) is 78.9 Å². The Labute approximate surface area is 380 Å². The van der Waals surface area contributed by atoms with Gasteiger partial charge >= 0.3 is 0 Å². The highest BCUT2D eigenvalue weighted by Gasteiger charge is 2.16. The maximum atomic E-state index is 4.88. The number of fused-ring (bicyclic) bond motifs is 6. The van der Waals surface area contributed by atoms with Gasteiger partial charge in [-0.2, -0.15) is 0 Å². The Hall–Kier alpha value is -9.01. The number of hydrogen-bond donors (Lipinski definition) is 1. The average molecular weight is 847 g/mol. The Bertz CT molecular complexity index is 3630. The summed E-state index contributed by atoms with van der Waals surface area (Å²) in [6.45, 7) is 0.681. The summed E-state index contributed by atoms with van der Waals surface area (Å²) >= 11 is 0. The third kappa shape index (κ3) is 7.32. The maximum Gasteiger partial charge on any atom is 0.0886 e. The van der Waals surface area contributed by atoms with Gasteiger partial charge in [0, 0.05) is 77.7 Å². The lowest BCUT2D eigenvalue weighted by Gasteiger charge is -2.19. The monoisotopic (exact) mass is 846 g/mol. The van der Waals surface area contributed by atoms with Gasteiger partial charge in [0.05, 0.1) is 45.6 Å². The number of allylic oxidation sites excluding steroid dienone is 2. The molecular formula is C58H38N8. The predicted molar refractivity (Wildman–Crippen MR) is 267 cm³/mol. The third-order valence-corrected chi connectivity index (χ3v) is 12.3. The Morgan fingerprint density at radius 2 is 0.697 bits per heavy atom. The fraction of sp³-hybridized carbons (Fsp3) is 0.0172. The molecule has 0 saturated carbocycles. The van der Waals surface area contributed by atoms with Crippen LogP contribution in [0.15, 0.2) is 213 Å². The number of dihydropyridines is 1. The second kappa shape index (κ2) is 16.6. The minimum Gasteiger partial charge on any atom is -0.379 e. The van der Waals surface area contributed by atoms with Crippen LogP contribution in [0.5, 0.6) is 0 Å². The van der Waals surface area contributed by atoms with Gasteiger partial charge in [0.15, 0.2) is 0 Å². The lowest BCUT2D eigenvalue weighted by molar-refractivity contribution is 0.994. The van der Waals surface area contributed by atoms with E-state index in [9.17, 15) is 0 Å². The molecular weight excluding hydrogens is 809 g/mol. The van der Waals surface area contributed by atoms with Gasteiger partial charge in [-0.25, -0.2) is 0 Å². The standard InChI is InChI=1S/C58H38N8/c1-2-8-46-45(7-1)47-19-11-37(39-13-23-55(63-31-39)57-25-17-43(35-65-57)53-21-15-41(33-61-53)51-9-3-5-27-59-51)29-49(47)50-30-38(12-20-48(46)50)40-14-24-56(64-32-40)58-26-18-44(36-66-58)54-22-16-42(34-62-54)52-10-4-6-28-60-52/h1-31,33-36,64H,32H2. The highest BCUT2D eigenvalue weighted by molar-refractivity contribution is 6.26. The summed E-state index contributed by atoms with van der Waals surface area (Å²) in [7, 11) is 0. The van der Waals surface area contributed by atoms with Crippen molar-refractivity contribution in [3.05, 3.63) is 225 Å². The molecule has 0 spiro atoms. The Morgan fingerprint density at radius 1 is 0.288 bits per heavy atom. The molecule has 8 heteroatoms. The predicted octanol–water partition coefficient (Wildman–Crippen LogP) is 12.9. The van der Waals surface area contributed by atoms with E-state index in [1.54, 1.807) is 12.4 Å². The van der Waals surface area contributed by atoms with Crippen LogP contribution in [-0.4, -0.2) is 41.4 Å². The van der Waals surface area contributed by atoms with Crippen molar-refractivity contribution in [2.45, 2.75) is 0 Å². The van der Waals surface area contributed by atoms with Gasteiger partial charge in [0.1, 0.15) is 0 Å². The first-order valence-electron chi connectivity index (χ1n) is 21.9. The zero-order valence-corrected chi connectivity index (χ0v) is 35.5. The van der Waals surface area contributed by atoms with Gasteiger partial charge in [-0.3, -0.25) is 34.9 Å². The molecule has 7 aromatic heterocycles. The number of aromatic nitrogens is 7. The van der Waals surface area contributed by atoms with Crippen LogP contribution in [0.2, 0.25) is 0 Å². The molecule has 310 valence electrons. The van der Waals surface area contributed by atoms with E-state index in [0.29, 0.717) is 6.54 Å². The lowest BCUT2D eigenvalue weighted by Crippen LogP contribution is -2.18. The van der Waals surface area contributed by atoms with Crippen LogP contribution in [0.25, 0.3) is 111 Å². The summed E-state index contributed by atoms with van der Waals surface area (Å²) < 4.78 is 0. The SMILES string of the molecule is C1=C(c2ccc3c4ccccc4c4ccc(-c5ccc(-c6ccc(-c7ccc(-c8ccccn8)cn7)cn6)nc5)cc4c3c2)CNC(c2ccc(-c3ccc(-c4ccccn4)cn3)cn2)=C1. The van der Waals surface area contributed by atoms with E-state index >= 15 is 0 Å². The molecule has 1 aliphatic heterocycles. The number of nitrogens with one attached hydrogen (secondary N) is 1. The zero-order chi connectivity index (χ0) is 43.8. The molecule has 0 saturated heterocycles. The quantitative estimate of drug-likeness (QED) is 0.151. The Balaban J connectivity index is 0.806. The maximum absolute atomic E-state index is 4.88. The highest BCUT2D eigenvalue weighted by atomic mass is 14.9. The largest absolute Gasteiger partial charge is 0.379 e. The molecule has 4 aromatic carbocycles. The topological polar surface area (TPSA) is 102 Å². The van der Waals surface area contributed by atoms with Crippen molar-refractivity contribution in [1.82, 2.24) is 40.2 Å². The van der Waals surface area contributed by atoms with Crippen LogP contribution in [-0.2, 0) is 0 Å². The van der Waals surface area contributed by atoms with Crippen LogP contribution in [0.4, 0.5) is 0 Å². The molecule has 12 rings (SSSR count). The molecule has 0 aliphatic carbocycles. The second-order valence-electron chi connectivity index (χ2n) is 16.3. The smallest absolute Gasteiger partial charge is 0.0886 e. The summed E-state index contributed by atoms with van der Waals surface area (Å²) in [4.78, 5) is 32.7. The van der Waals surface area contributed by atoms with Crippen molar-refractivity contribution < 1.29 is 0 Å². The highest BCUT2D eigenvalue weighted by Crippen LogP contribution is 2.39. The molecule has 1 N–H and O–H groups in total. The van der Waals surface area contributed by atoms with Crippen molar-refractivity contribution in [1.29, 1.82) is 0 Å². The van der Waals surface area contributed by atoms with Crippen LogP contribution >= 0.6 is 0 Å². The Morgan fingerprint density at radius 3 is 1.15 bits per heavy atom. The van der Waals surface area contributed by atoms with Crippen molar-refractivity contribution >= 4 is 43.6 Å². The summed E-state index contributed by atoms with van der Waals surface area (Å²) in [5.74, 6) is 0. The number of benzene rings is 4. The van der Waals surface area contributed by atoms with Crippen molar-refractivity contribution in [2.75, 3.05) is 6.54 Å². The molecule has 0 amide bonds. The van der Waals surface area contributed by atoms with Crippen LogP contribution < -0.4 is 5.32 Å². The molecule has 66 heavy (non-hydrogen) atoms. The minimum atomic E-state index is 0.681. The third-order valence-electron chi connectivity index (χ3n) is 12.3. The van der Waals surface area contributed by atoms with E-state index < -0.39 is 0 Å². The summed E-state index contributed by atoms with van der Waals surface area (Å²) in [6, 6.07) is 54.6. The number of pyridine rings is 7. The molecule has 11 aromatic rings. The van der Waals surface area contributed by atoms with E-state index in [2.05, 4.69) is 105 Å². The molecule has 0 bridgehead atoms.